The topological polar surface area (TPSA) is 81.5 Å². The molecule has 0 bridgehead atoms. The third-order valence-corrected chi connectivity index (χ3v) is 3.80. The molecule has 2 aromatic carbocycles. The molecule has 24 heavy (non-hydrogen) atoms. The van der Waals surface area contributed by atoms with Crippen molar-refractivity contribution in [3.8, 4) is 5.75 Å². The largest absolute Gasteiger partial charge is 0.492 e. The average molecular weight is 434 g/mol. The first kappa shape index (κ1) is 18.5. The Morgan fingerprint density at radius 2 is 2.00 bits per heavy atom. The van der Waals surface area contributed by atoms with Gasteiger partial charge < -0.3 is 10.1 Å². The Balaban J connectivity index is 2.26. The van der Waals surface area contributed by atoms with Crippen molar-refractivity contribution in [2.45, 2.75) is 0 Å². The lowest BCUT2D eigenvalue weighted by atomic mass is 10.1. The highest BCUT2D eigenvalue weighted by Crippen LogP contribution is 2.29. The molecule has 0 aliphatic carbocycles. The van der Waals surface area contributed by atoms with Crippen LogP contribution >= 0.6 is 39.1 Å². The molecule has 0 saturated carbocycles. The maximum absolute atomic E-state index is 12.5. The van der Waals surface area contributed by atoms with E-state index in [1.165, 1.54) is 18.2 Å². The fourth-order valence-corrected chi connectivity index (χ4v) is 2.42. The highest BCUT2D eigenvalue weighted by molar-refractivity contribution is 9.09. The maximum Gasteiger partial charge on any atom is 0.271 e. The minimum absolute atomic E-state index is 0.0579. The first-order chi connectivity index (χ1) is 11.4. The van der Waals surface area contributed by atoms with Gasteiger partial charge in [-0.3, -0.25) is 14.9 Å². The van der Waals surface area contributed by atoms with Gasteiger partial charge in [-0.05, 0) is 24.3 Å². The van der Waals surface area contributed by atoms with Crippen LogP contribution in [0.4, 0.5) is 11.4 Å². The summed E-state index contributed by atoms with van der Waals surface area (Å²) in [5.41, 5.74) is 0.318. The molecule has 1 amide bonds. The Labute approximate surface area is 156 Å². The van der Waals surface area contributed by atoms with Crippen LogP contribution in [0.2, 0.25) is 10.0 Å². The molecule has 2 aromatic rings. The summed E-state index contributed by atoms with van der Waals surface area (Å²) in [6.07, 6.45) is 0. The molecule has 126 valence electrons. The number of carbonyl (C=O) groups is 1. The number of nitrogens with zero attached hydrogens (tertiary/aromatic N) is 1. The number of non-ortho nitro benzene ring substituents is 1. The number of alkyl halides is 1. The monoisotopic (exact) mass is 432 g/mol. The van der Waals surface area contributed by atoms with Gasteiger partial charge in [0.25, 0.3) is 11.6 Å². The first-order valence-electron chi connectivity index (χ1n) is 6.66. The molecule has 2 rings (SSSR count). The van der Waals surface area contributed by atoms with Crippen LogP contribution in [-0.4, -0.2) is 22.8 Å². The fraction of sp³-hybridized carbons (Fsp3) is 0.133. The summed E-state index contributed by atoms with van der Waals surface area (Å²) >= 11 is 15.2. The van der Waals surface area contributed by atoms with E-state index in [-0.39, 0.29) is 22.0 Å². The minimum Gasteiger partial charge on any atom is -0.492 e. The lowest BCUT2D eigenvalue weighted by molar-refractivity contribution is -0.384. The van der Waals surface area contributed by atoms with Crippen molar-refractivity contribution in [2.75, 3.05) is 17.3 Å². The van der Waals surface area contributed by atoms with Crippen molar-refractivity contribution in [1.82, 2.24) is 0 Å². The summed E-state index contributed by atoms with van der Waals surface area (Å²) in [5.74, 6) is -0.118. The predicted octanol–water partition coefficient (Wildman–Crippen LogP) is 4.93. The van der Waals surface area contributed by atoms with Crippen molar-refractivity contribution in [3.05, 3.63) is 62.1 Å². The summed E-state index contributed by atoms with van der Waals surface area (Å²) in [6.45, 7) is 0.375. The van der Waals surface area contributed by atoms with E-state index >= 15 is 0 Å². The van der Waals surface area contributed by atoms with Gasteiger partial charge in [0.05, 0.1) is 27.8 Å². The van der Waals surface area contributed by atoms with E-state index in [0.29, 0.717) is 22.7 Å². The van der Waals surface area contributed by atoms with Crippen LogP contribution in [0.1, 0.15) is 10.4 Å². The standard InChI is InChI=1S/C15H11BrCl2N2O4/c16-5-6-24-14-4-1-9(17)7-11(14)15(21)19-13-3-2-10(20(22)23)8-12(13)18/h1-4,7-8H,5-6H2,(H,19,21). The van der Waals surface area contributed by atoms with E-state index < -0.39 is 10.8 Å². The summed E-state index contributed by atoms with van der Waals surface area (Å²) in [7, 11) is 0. The number of amides is 1. The first-order valence-corrected chi connectivity index (χ1v) is 8.53. The number of hydrogen-bond acceptors (Lipinski definition) is 4. The van der Waals surface area contributed by atoms with Crippen LogP contribution in [0.5, 0.6) is 5.75 Å². The SMILES string of the molecule is O=C(Nc1ccc([N+](=O)[O-])cc1Cl)c1cc(Cl)ccc1OCCBr. The highest BCUT2D eigenvalue weighted by Gasteiger charge is 2.16. The zero-order valence-corrected chi connectivity index (χ0v) is 15.2. The number of rotatable bonds is 6. The Kier molecular flexibility index (Phi) is 6.42. The number of hydrogen-bond donors (Lipinski definition) is 1. The molecule has 0 atom stereocenters. The van der Waals surface area contributed by atoms with E-state index in [9.17, 15) is 14.9 Å². The molecule has 0 heterocycles. The summed E-state index contributed by atoms with van der Waals surface area (Å²) in [6, 6.07) is 8.46. The predicted molar refractivity (Wildman–Crippen MR) is 96.8 cm³/mol. The second kappa shape index (κ2) is 8.32. The number of carbonyl (C=O) groups excluding carboxylic acids is 1. The van der Waals surface area contributed by atoms with Gasteiger partial charge in [-0.2, -0.15) is 0 Å². The lowest BCUT2D eigenvalue weighted by Crippen LogP contribution is -2.14. The van der Waals surface area contributed by atoms with Crippen LogP contribution < -0.4 is 10.1 Å². The Hall–Kier alpha value is -1.83. The third-order valence-electron chi connectivity index (χ3n) is 2.93. The van der Waals surface area contributed by atoms with Crippen LogP contribution in [0, 0.1) is 10.1 Å². The Morgan fingerprint density at radius 1 is 1.25 bits per heavy atom. The van der Waals surface area contributed by atoms with E-state index in [1.54, 1.807) is 12.1 Å². The van der Waals surface area contributed by atoms with Gasteiger partial charge in [-0.1, -0.05) is 39.1 Å². The zero-order chi connectivity index (χ0) is 17.7. The van der Waals surface area contributed by atoms with Gasteiger partial charge in [-0.25, -0.2) is 0 Å². The zero-order valence-electron chi connectivity index (χ0n) is 12.1. The van der Waals surface area contributed by atoms with Crippen molar-refractivity contribution in [1.29, 1.82) is 0 Å². The molecule has 0 spiro atoms. The summed E-state index contributed by atoms with van der Waals surface area (Å²) < 4.78 is 5.49. The number of nitro groups is 1. The molecule has 0 fully saturated rings. The molecule has 0 aromatic heterocycles. The van der Waals surface area contributed by atoms with E-state index in [0.717, 1.165) is 6.07 Å². The average Bonchev–Trinajstić information content (AvgIpc) is 2.55. The van der Waals surface area contributed by atoms with E-state index in [2.05, 4.69) is 21.2 Å². The van der Waals surface area contributed by atoms with Gasteiger partial charge in [-0.15, -0.1) is 0 Å². The van der Waals surface area contributed by atoms with Crippen LogP contribution in [0.15, 0.2) is 36.4 Å². The molecule has 0 aliphatic rings. The minimum atomic E-state index is -0.569. The summed E-state index contributed by atoms with van der Waals surface area (Å²) in [4.78, 5) is 22.6. The Bertz CT molecular complexity index is 786. The number of anilines is 1. The number of nitro benzene ring substituents is 1. The molecular weight excluding hydrogens is 423 g/mol. The normalized spacial score (nSPS) is 10.3. The van der Waals surface area contributed by atoms with Gasteiger partial charge in [0, 0.05) is 22.5 Å². The number of benzene rings is 2. The molecular formula is C15H11BrCl2N2O4. The van der Waals surface area contributed by atoms with Crippen molar-refractivity contribution >= 4 is 56.4 Å². The van der Waals surface area contributed by atoms with Crippen LogP contribution in [0.3, 0.4) is 0 Å². The molecule has 1 N–H and O–H groups in total. The van der Waals surface area contributed by atoms with Gasteiger partial charge in [0.2, 0.25) is 0 Å². The quantitative estimate of drug-likeness (QED) is 0.398. The van der Waals surface area contributed by atoms with Crippen molar-refractivity contribution < 1.29 is 14.5 Å². The number of ether oxygens (including phenoxy) is 1. The van der Waals surface area contributed by atoms with E-state index in [1.807, 2.05) is 0 Å². The molecule has 0 radical (unpaired) electrons. The van der Waals surface area contributed by atoms with Gasteiger partial charge >= 0.3 is 0 Å². The Morgan fingerprint density at radius 3 is 2.62 bits per heavy atom. The van der Waals surface area contributed by atoms with Crippen LogP contribution in [0.25, 0.3) is 0 Å². The number of nitrogens with one attached hydrogen (secondary N) is 1. The molecule has 0 aliphatic heterocycles. The second-order valence-electron chi connectivity index (χ2n) is 4.55. The maximum atomic E-state index is 12.5. The van der Waals surface area contributed by atoms with Gasteiger partial charge in [0.15, 0.2) is 0 Å². The molecule has 0 saturated heterocycles. The van der Waals surface area contributed by atoms with Crippen molar-refractivity contribution in [3.63, 3.8) is 0 Å². The van der Waals surface area contributed by atoms with E-state index in [4.69, 9.17) is 27.9 Å². The smallest absolute Gasteiger partial charge is 0.271 e. The number of halogens is 3. The molecule has 0 unspecified atom stereocenters. The highest BCUT2D eigenvalue weighted by atomic mass is 79.9. The molecule has 6 nitrogen and oxygen atoms in total. The van der Waals surface area contributed by atoms with Gasteiger partial charge in [0.1, 0.15) is 5.75 Å². The second-order valence-corrected chi connectivity index (χ2v) is 6.19. The third kappa shape index (κ3) is 4.59. The van der Waals surface area contributed by atoms with Crippen LogP contribution in [-0.2, 0) is 0 Å². The summed E-state index contributed by atoms with van der Waals surface area (Å²) in [5, 5.41) is 14.3. The van der Waals surface area contributed by atoms with Crippen molar-refractivity contribution in [2.24, 2.45) is 0 Å². The molecule has 9 heteroatoms. The lowest BCUT2D eigenvalue weighted by Gasteiger charge is -2.12. The fourth-order valence-electron chi connectivity index (χ4n) is 1.86.